The molecule has 25 heavy (non-hydrogen) atoms. The van der Waals surface area contributed by atoms with E-state index in [2.05, 4.69) is 9.88 Å². The van der Waals surface area contributed by atoms with Crippen LogP contribution in [0.4, 0.5) is 11.5 Å². The molecule has 0 unspecified atom stereocenters. The van der Waals surface area contributed by atoms with E-state index in [0.717, 1.165) is 0 Å². The zero-order chi connectivity index (χ0) is 18.4. The van der Waals surface area contributed by atoms with Crippen LogP contribution in [-0.2, 0) is 14.8 Å². The third kappa shape index (κ3) is 3.46. The first kappa shape index (κ1) is 17.3. The van der Waals surface area contributed by atoms with Crippen molar-refractivity contribution in [3.05, 3.63) is 30.0 Å². The van der Waals surface area contributed by atoms with E-state index in [1.807, 2.05) is 13.8 Å². The number of anilines is 2. The summed E-state index contributed by atoms with van der Waals surface area (Å²) in [5.74, 6) is 0.854. The molecule has 1 aliphatic heterocycles. The molecule has 1 aromatic carbocycles. The van der Waals surface area contributed by atoms with E-state index >= 15 is 0 Å². The lowest BCUT2D eigenvalue weighted by Crippen LogP contribution is -2.48. The Balaban J connectivity index is 2.00. The van der Waals surface area contributed by atoms with Gasteiger partial charge >= 0.3 is 0 Å². The zero-order valence-electron chi connectivity index (χ0n) is 14.4. The minimum absolute atomic E-state index is 0.00135. The van der Waals surface area contributed by atoms with Gasteiger partial charge in [0.2, 0.25) is 5.91 Å². The van der Waals surface area contributed by atoms with Crippen molar-refractivity contribution in [1.82, 2.24) is 5.16 Å². The quantitative estimate of drug-likeness (QED) is 0.895. The molecule has 1 amide bonds. The van der Waals surface area contributed by atoms with E-state index in [-0.39, 0.29) is 16.6 Å². The lowest BCUT2D eigenvalue weighted by atomic mass is 10.1. The van der Waals surface area contributed by atoms with Gasteiger partial charge in [0.15, 0.2) is 5.82 Å². The largest absolute Gasteiger partial charge is 0.484 e. The Labute approximate surface area is 145 Å². The molecule has 134 valence electrons. The Kier molecular flexibility index (Phi) is 3.98. The molecule has 0 bridgehead atoms. The van der Waals surface area contributed by atoms with Gasteiger partial charge in [-0.1, -0.05) is 5.16 Å². The van der Waals surface area contributed by atoms with Gasteiger partial charge in [0.25, 0.3) is 10.0 Å². The van der Waals surface area contributed by atoms with Crippen LogP contribution in [0.1, 0.15) is 26.5 Å². The van der Waals surface area contributed by atoms with E-state index in [0.29, 0.717) is 23.7 Å². The number of aromatic nitrogens is 1. The first-order valence-corrected chi connectivity index (χ1v) is 9.13. The van der Waals surface area contributed by atoms with Crippen molar-refractivity contribution in [2.24, 2.45) is 0 Å². The highest BCUT2D eigenvalue weighted by Gasteiger charge is 2.34. The average molecular weight is 365 g/mol. The molecule has 0 spiro atoms. The molecule has 2 heterocycles. The fourth-order valence-electron chi connectivity index (χ4n) is 2.65. The first-order chi connectivity index (χ1) is 11.6. The molecule has 0 saturated heterocycles. The molecule has 3 rings (SSSR count). The van der Waals surface area contributed by atoms with Crippen molar-refractivity contribution in [3.63, 3.8) is 0 Å². The number of hydrogen-bond acceptors (Lipinski definition) is 6. The molecule has 9 heteroatoms. The van der Waals surface area contributed by atoms with Gasteiger partial charge in [0, 0.05) is 13.0 Å². The molecule has 1 aromatic heterocycles. The monoisotopic (exact) mass is 365 g/mol. The van der Waals surface area contributed by atoms with Gasteiger partial charge in [-0.05, 0) is 39.0 Å². The minimum atomic E-state index is -3.88. The Hall–Kier alpha value is -2.55. The molecule has 0 saturated carbocycles. The minimum Gasteiger partial charge on any atom is -0.484 e. The van der Waals surface area contributed by atoms with Crippen molar-refractivity contribution in [2.75, 3.05) is 16.2 Å². The predicted molar refractivity (Wildman–Crippen MR) is 91.2 cm³/mol. The summed E-state index contributed by atoms with van der Waals surface area (Å²) in [6.45, 7) is 7.15. The number of nitrogens with one attached hydrogen (secondary N) is 1. The maximum absolute atomic E-state index is 12.6. The fourth-order valence-corrected chi connectivity index (χ4v) is 3.65. The second-order valence-corrected chi connectivity index (χ2v) is 8.21. The predicted octanol–water partition coefficient (Wildman–Crippen LogP) is 2.31. The lowest BCUT2D eigenvalue weighted by Gasteiger charge is -2.39. The van der Waals surface area contributed by atoms with Crippen LogP contribution in [0.5, 0.6) is 5.75 Å². The average Bonchev–Trinajstić information content (AvgIpc) is 2.89. The standard InChI is InChI=1S/C16H19N3O5S/c1-10-7-15(17-24-10)18-25(21,22)12-5-6-14-13(8-12)19(11(2)20)9-16(3,4)23-14/h5-8H,9H2,1-4H3,(H,17,18). The van der Waals surface area contributed by atoms with Crippen LogP contribution in [0.2, 0.25) is 0 Å². The number of rotatable bonds is 3. The van der Waals surface area contributed by atoms with Crippen molar-refractivity contribution < 1.29 is 22.5 Å². The topological polar surface area (TPSA) is 102 Å². The van der Waals surface area contributed by atoms with E-state index in [9.17, 15) is 13.2 Å². The molecule has 2 aromatic rings. The van der Waals surface area contributed by atoms with Gasteiger partial charge in [-0.2, -0.15) is 0 Å². The van der Waals surface area contributed by atoms with Crippen molar-refractivity contribution in [1.29, 1.82) is 0 Å². The summed E-state index contributed by atoms with van der Waals surface area (Å²) >= 11 is 0. The second kappa shape index (κ2) is 5.76. The molecule has 0 atom stereocenters. The van der Waals surface area contributed by atoms with Gasteiger partial charge in [-0.15, -0.1) is 0 Å². The zero-order valence-corrected chi connectivity index (χ0v) is 15.2. The van der Waals surface area contributed by atoms with Crippen LogP contribution in [0.25, 0.3) is 0 Å². The smallest absolute Gasteiger partial charge is 0.263 e. The summed E-state index contributed by atoms with van der Waals surface area (Å²) in [6, 6.07) is 5.87. The summed E-state index contributed by atoms with van der Waals surface area (Å²) in [5, 5.41) is 3.62. The molecule has 1 N–H and O–H groups in total. The fraction of sp³-hybridized carbons (Fsp3) is 0.375. The van der Waals surface area contributed by atoms with E-state index in [1.165, 1.54) is 30.0 Å². The molecule has 0 radical (unpaired) electrons. The molecule has 0 fully saturated rings. The van der Waals surface area contributed by atoms with Crippen molar-refractivity contribution in [2.45, 2.75) is 38.2 Å². The van der Waals surface area contributed by atoms with Gasteiger partial charge < -0.3 is 14.2 Å². The highest BCUT2D eigenvalue weighted by Crippen LogP contribution is 2.38. The molecule has 1 aliphatic rings. The van der Waals surface area contributed by atoms with Crippen LogP contribution in [0, 0.1) is 6.92 Å². The van der Waals surface area contributed by atoms with E-state index < -0.39 is 15.6 Å². The Bertz CT molecular complexity index is 933. The maximum Gasteiger partial charge on any atom is 0.263 e. The first-order valence-electron chi connectivity index (χ1n) is 7.65. The summed E-state index contributed by atoms with van der Waals surface area (Å²) in [7, 11) is -3.88. The molecular weight excluding hydrogens is 346 g/mol. The van der Waals surface area contributed by atoms with Gasteiger partial charge in [-0.25, -0.2) is 8.42 Å². The molecular formula is C16H19N3O5S. The number of carbonyl (C=O) groups is 1. The summed E-state index contributed by atoms with van der Waals surface area (Å²) in [4.78, 5) is 13.5. The Morgan fingerprint density at radius 2 is 2.04 bits per heavy atom. The number of nitrogens with zero attached hydrogens (tertiary/aromatic N) is 2. The SMILES string of the molecule is CC(=O)N1CC(C)(C)Oc2ccc(S(=O)(=O)Nc3cc(C)on3)cc21. The third-order valence-corrected chi connectivity index (χ3v) is 5.06. The van der Waals surface area contributed by atoms with Gasteiger partial charge in [-0.3, -0.25) is 9.52 Å². The maximum atomic E-state index is 12.6. The molecule has 8 nitrogen and oxygen atoms in total. The number of amides is 1. The summed E-state index contributed by atoms with van der Waals surface area (Å²) < 4.78 is 38.2. The normalized spacial score (nSPS) is 16.1. The number of ether oxygens (including phenoxy) is 1. The lowest BCUT2D eigenvalue weighted by molar-refractivity contribution is -0.117. The van der Waals surface area contributed by atoms with Crippen LogP contribution in [-0.4, -0.2) is 31.6 Å². The third-order valence-electron chi connectivity index (χ3n) is 3.70. The van der Waals surface area contributed by atoms with Crippen LogP contribution in [0.3, 0.4) is 0 Å². The summed E-state index contributed by atoms with van der Waals surface area (Å²) in [5.41, 5.74) is -0.138. The summed E-state index contributed by atoms with van der Waals surface area (Å²) in [6.07, 6.45) is 0. The van der Waals surface area contributed by atoms with Crippen molar-refractivity contribution in [3.8, 4) is 5.75 Å². The highest BCUT2D eigenvalue weighted by atomic mass is 32.2. The Morgan fingerprint density at radius 1 is 1.32 bits per heavy atom. The number of fused-ring (bicyclic) bond motifs is 1. The Morgan fingerprint density at radius 3 is 2.64 bits per heavy atom. The van der Waals surface area contributed by atoms with Crippen LogP contribution >= 0.6 is 0 Å². The number of carbonyl (C=O) groups excluding carboxylic acids is 1. The van der Waals surface area contributed by atoms with Crippen LogP contribution in [0.15, 0.2) is 33.7 Å². The molecule has 0 aliphatic carbocycles. The number of benzene rings is 1. The van der Waals surface area contributed by atoms with E-state index in [4.69, 9.17) is 9.26 Å². The number of sulfonamides is 1. The van der Waals surface area contributed by atoms with Crippen LogP contribution < -0.4 is 14.4 Å². The van der Waals surface area contributed by atoms with Gasteiger partial charge in [0.05, 0.1) is 17.1 Å². The second-order valence-electron chi connectivity index (χ2n) is 6.52. The van der Waals surface area contributed by atoms with Gasteiger partial charge in [0.1, 0.15) is 17.1 Å². The number of aryl methyl sites for hydroxylation is 1. The van der Waals surface area contributed by atoms with E-state index in [1.54, 1.807) is 13.0 Å². The van der Waals surface area contributed by atoms with Crippen molar-refractivity contribution >= 4 is 27.4 Å². The highest BCUT2D eigenvalue weighted by molar-refractivity contribution is 7.92. The number of hydrogen-bond donors (Lipinski definition) is 1.